The second-order valence-corrected chi connectivity index (χ2v) is 2.63. The summed E-state index contributed by atoms with van der Waals surface area (Å²) in [7, 11) is 1.75. The van der Waals surface area contributed by atoms with Crippen LogP contribution in [0, 0.1) is 0 Å². The van der Waals surface area contributed by atoms with E-state index in [9.17, 15) is 0 Å². The Morgan fingerprint density at radius 1 is 1.25 bits per heavy atom. The van der Waals surface area contributed by atoms with Crippen molar-refractivity contribution in [3.05, 3.63) is 12.7 Å². The molecule has 0 aromatic rings. The minimum atomic E-state index is 0.208. The van der Waals surface area contributed by atoms with Gasteiger partial charge in [-0.15, -0.1) is 6.58 Å². The Kier molecular flexibility index (Phi) is 6.55. The molecule has 4 nitrogen and oxygen atoms in total. The van der Waals surface area contributed by atoms with E-state index < -0.39 is 0 Å². The Morgan fingerprint density at radius 3 is 2.33 bits per heavy atom. The molecule has 0 saturated heterocycles. The van der Waals surface area contributed by atoms with Crippen molar-refractivity contribution in [2.45, 2.75) is 25.9 Å². The van der Waals surface area contributed by atoms with E-state index in [-0.39, 0.29) is 12.1 Å². The molecule has 0 bridgehead atoms. The molecule has 1 unspecified atom stereocenters. The number of aliphatic imine (C=N–C) groups is 1. The Labute approximate surface area is 74.1 Å². The van der Waals surface area contributed by atoms with Gasteiger partial charge in [0.2, 0.25) is 0 Å². The van der Waals surface area contributed by atoms with Gasteiger partial charge in [0.15, 0.2) is 0 Å². The maximum absolute atomic E-state index is 3.88. The second-order valence-electron chi connectivity index (χ2n) is 2.63. The maximum atomic E-state index is 3.88. The summed E-state index contributed by atoms with van der Waals surface area (Å²) in [6.07, 6.45) is 3.63. The fourth-order valence-electron chi connectivity index (χ4n) is 0.589. The molecule has 3 N–H and O–H groups in total. The van der Waals surface area contributed by atoms with E-state index in [0.717, 1.165) is 0 Å². The highest BCUT2D eigenvalue weighted by atomic mass is 15.6. The van der Waals surface area contributed by atoms with Crippen LogP contribution in [0.4, 0.5) is 0 Å². The van der Waals surface area contributed by atoms with Crippen LogP contribution in [0.3, 0.4) is 0 Å². The molecule has 0 fully saturated rings. The molecular formula is C8H18N4. The summed E-state index contributed by atoms with van der Waals surface area (Å²) in [5, 5.41) is 0. The van der Waals surface area contributed by atoms with Gasteiger partial charge in [0.25, 0.3) is 0 Å². The van der Waals surface area contributed by atoms with E-state index in [2.05, 4.69) is 28.0 Å². The molecule has 12 heavy (non-hydrogen) atoms. The fraction of sp³-hybridized carbons (Fsp3) is 0.625. The number of hydrazine groups is 2. The summed E-state index contributed by atoms with van der Waals surface area (Å²) in [6.45, 7) is 7.64. The van der Waals surface area contributed by atoms with Crippen molar-refractivity contribution in [2.24, 2.45) is 4.99 Å². The highest BCUT2D eigenvalue weighted by Gasteiger charge is 1.95. The molecule has 0 rings (SSSR count). The van der Waals surface area contributed by atoms with Crippen LogP contribution in [-0.4, -0.2) is 25.3 Å². The summed E-state index contributed by atoms with van der Waals surface area (Å²) in [5.41, 5.74) is 8.83. The van der Waals surface area contributed by atoms with Crippen LogP contribution in [0.2, 0.25) is 0 Å². The van der Waals surface area contributed by atoms with Gasteiger partial charge in [0, 0.05) is 19.3 Å². The summed E-state index contributed by atoms with van der Waals surface area (Å²) >= 11 is 0. The molecular weight excluding hydrogens is 152 g/mol. The zero-order valence-corrected chi connectivity index (χ0v) is 7.96. The third-order valence-electron chi connectivity index (χ3n) is 1.33. The van der Waals surface area contributed by atoms with Crippen molar-refractivity contribution in [3.63, 3.8) is 0 Å². The maximum Gasteiger partial charge on any atom is 0.0545 e. The van der Waals surface area contributed by atoms with Gasteiger partial charge in [0.05, 0.1) is 6.04 Å². The van der Waals surface area contributed by atoms with E-state index in [1.807, 2.05) is 26.1 Å². The first kappa shape index (κ1) is 11.3. The van der Waals surface area contributed by atoms with Crippen molar-refractivity contribution >= 4 is 6.21 Å². The van der Waals surface area contributed by atoms with Gasteiger partial charge in [-0.3, -0.25) is 4.99 Å². The van der Waals surface area contributed by atoms with E-state index in [0.29, 0.717) is 0 Å². The molecule has 0 aromatic heterocycles. The van der Waals surface area contributed by atoms with Gasteiger partial charge in [-0.25, -0.2) is 10.9 Å². The lowest BCUT2D eigenvalue weighted by atomic mass is 10.4. The fourth-order valence-corrected chi connectivity index (χ4v) is 0.589. The molecule has 0 radical (unpaired) electrons. The molecule has 0 aromatic carbocycles. The lowest BCUT2D eigenvalue weighted by Crippen LogP contribution is -2.50. The highest BCUT2D eigenvalue weighted by Crippen LogP contribution is 1.76. The number of rotatable bonds is 6. The zero-order valence-electron chi connectivity index (χ0n) is 7.96. The predicted molar refractivity (Wildman–Crippen MR) is 52.9 cm³/mol. The largest absolute Gasteiger partial charge is 0.299 e. The Hall–Kier alpha value is -0.710. The van der Waals surface area contributed by atoms with Crippen molar-refractivity contribution in [3.8, 4) is 0 Å². The molecule has 0 heterocycles. The smallest absolute Gasteiger partial charge is 0.0545 e. The molecule has 0 saturated carbocycles. The Morgan fingerprint density at radius 2 is 1.83 bits per heavy atom. The van der Waals surface area contributed by atoms with E-state index in [1.54, 1.807) is 7.05 Å². The van der Waals surface area contributed by atoms with E-state index in [4.69, 9.17) is 0 Å². The third kappa shape index (κ3) is 6.03. The SMILES string of the molecule is C=CC(C)NNN[C@H](C)/C=N/C. The lowest BCUT2D eigenvalue weighted by Gasteiger charge is -2.13. The van der Waals surface area contributed by atoms with Crippen LogP contribution >= 0.6 is 0 Å². The first-order valence-electron chi connectivity index (χ1n) is 4.01. The van der Waals surface area contributed by atoms with Crippen molar-refractivity contribution in [1.82, 2.24) is 16.4 Å². The molecule has 0 aliphatic rings. The number of hydrogen-bond acceptors (Lipinski definition) is 4. The van der Waals surface area contributed by atoms with Gasteiger partial charge in [-0.2, -0.15) is 5.53 Å². The minimum Gasteiger partial charge on any atom is -0.299 e. The van der Waals surface area contributed by atoms with Crippen LogP contribution in [-0.2, 0) is 0 Å². The number of nitrogens with zero attached hydrogens (tertiary/aromatic N) is 1. The molecule has 0 aliphatic carbocycles. The first-order chi connectivity index (χ1) is 5.70. The van der Waals surface area contributed by atoms with Crippen LogP contribution in [0.15, 0.2) is 17.6 Å². The van der Waals surface area contributed by atoms with Crippen LogP contribution in [0.1, 0.15) is 13.8 Å². The van der Waals surface area contributed by atoms with Crippen molar-refractivity contribution in [1.29, 1.82) is 0 Å². The van der Waals surface area contributed by atoms with E-state index in [1.165, 1.54) is 0 Å². The summed E-state index contributed by atoms with van der Waals surface area (Å²) in [6, 6.07) is 0.447. The van der Waals surface area contributed by atoms with Gasteiger partial charge >= 0.3 is 0 Å². The third-order valence-corrected chi connectivity index (χ3v) is 1.33. The average Bonchev–Trinajstić information content (AvgIpc) is 2.04. The lowest BCUT2D eigenvalue weighted by molar-refractivity contribution is 0.404. The topological polar surface area (TPSA) is 48.4 Å². The predicted octanol–water partition coefficient (Wildman–Crippen LogP) is 0.249. The first-order valence-corrected chi connectivity index (χ1v) is 4.01. The summed E-state index contributed by atoms with van der Waals surface area (Å²) in [5.74, 6) is 0. The van der Waals surface area contributed by atoms with Crippen LogP contribution in [0.5, 0.6) is 0 Å². The quantitative estimate of drug-likeness (QED) is 0.304. The molecule has 2 atom stereocenters. The normalized spacial score (nSPS) is 16.2. The van der Waals surface area contributed by atoms with Crippen molar-refractivity contribution in [2.75, 3.05) is 7.05 Å². The molecule has 0 aliphatic heterocycles. The second kappa shape index (κ2) is 6.97. The number of hydrogen-bond donors (Lipinski definition) is 3. The number of nitrogens with one attached hydrogen (secondary N) is 3. The van der Waals surface area contributed by atoms with Gasteiger partial charge in [0.1, 0.15) is 0 Å². The molecule has 4 heteroatoms. The zero-order chi connectivity index (χ0) is 9.40. The highest BCUT2D eigenvalue weighted by molar-refractivity contribution is 5.63. The molecule has 70 valence electrons. The summed E-state index contributed by atoms with van der Waals surface area (Å²) in [4.78, 5) is 3.88. The van der Waals surface area contributed by atoms with Crippen LogP contribution < -0.4 is 16.4 Å². The summed E-state index contributed by atoms with van der Waals surface area (Å²) < 4.78 is 0. The van der Waals surface area contributed by atoms with Gasteiger partial charge < -0.3 is 0 Å². The Balaban J connectivity index is 3.36. The minimum absolute atomic E-state index is 0.208. The van der Waals surface area contributed by atoms with Crippen molar-refractivity contribution < 1.29 is 0 Å². The van der Waals surface area contributed by atoms with Crippen LogP contribution in [0.25, 0.3) is 0 Å². The average molecular weight is 170 g/mol. The standard InChI is InChI=1S/C8H18N4/c1-5-7(2)10-12-11-8(3)6-9-4/h5-8,10-12H,1H2,2-4H3/b9-6+/t7?,8-/m1/s1. The molecule has 0 amide bonds. The molecule has 0 spiro atoms. The van der Waals surface area contributed by atoms with E-state index >= 15 is 0 Å². The van der Waals surface area contributed by atoms with Gasteiger partial charge in [-0.05, 0) is 13.8 Å². The monoisotopic (exact) mass is 170 g/mol. The van der Waals surface area contributed by atoms with Gasteiger partial charge in [-0.1, -0.05) is 6.08 Å². The Bertz CT molecular complexity index is 144.